The molecule has 1 aromatic heterocycles. The molecule has 0 aliphatic rings. The molecule has 0 amide bonds. The van der Waals surface area contributed by atoms with E-state index in [2.05, 4.69) is 29.8 Å². The van der Waals surface area contributed by atoms with Crippen molar-refractivity contribution < 1.29 is 4.39 Å². The first-order valence-corrected chi connectivity index (χ1v) is 7.60. The van der Waals surface area contributed by atoms with Gasteiger partial charge in [0, 0.05) is 17.3 Å². The Labute approximate surface area is 118 Å². The lowest BCUT2D eigenvalue weighted by molar-refractivity contribution is 0.524. The van der Waals surface area contributed by atoms with Crippen LogP contribution >= 0.6 is 11.3 Å². The third-order valence-electron chi connectivity index (χ3n) is 3.24. The van der Waals surface area contributed by atoms with Gasteiger partial charge in [-0.3, -0.25) is 0 Å². The van der Waals surface area contributed by atoms with E-state index < -0.39 is 0 Å². The Bertz CT molecular complexity index is 507. The van der Waals surface area contributed by atoms with Crippen molar-refractivity contribution in [2.75, 3.05) is 6.54 Å². The van der Waals surface area contributed by atoms with E-state index in [1.54, 1.807) is 17.4 Å². The minimum atomic E-state index is -0.157. The van der Waals surface area contributed by atoms with Crippen molar-refractivity contribution in [1.82, 2.24) is 5.32 Å². The standard InChI is InChI=1S/C16H20FNS/c1-3-8-18-16(11-14-5-4-9-19-14)15-10-13(17)7-6-12(15)2/h4-7,9-10,16,18H,3,8,11H2,1-2H3. The quantitative estimate of drug-likeness (QED) is 0.821. The van der Waals surface area contributed by atoms with Gasteiger partial charge in [-0.25, -0.2) is 4.39 Å². The minimum absolute atomic E-state index is 0.157. The second-order valence-corrected chi connectivity index (χ2v) is 5.82. The van der Waals surface area contributed by atoms with Crippen molar-refractivity contribution in [1.29, 1.82) is 0 Å². The van der Waals surface area contributed by atoms with Crippen molar-refractivity contribution in [3.63, 3.8) is 0 Å². The van der Waals surface area contributed by atoms with E-state index in [0.29, 0.717) is 0 Å². The number of hydrogen-bond donors (Lipinski definition) is 1. The first-order chi connectivity index (χ1) is 9.20. The van der Waals surface area contributed by atoms with Crippen LogP contribution in [-0.2, 0) is 6.42 Å². The summed E-state index contributed by atoms with van der Waals surface area (Å²) in [5.74, 6) is -0.157. The van der Waals surface area contributed by atoms with E-state index in [4.69, 9.17) is 0 Å². The number of hydrogen-bond acceptors (Lipinski definition) is 2. The van der Waals surface area contributed by atoms with Gasteiger partial charge in [-0.1, -0.05) is 19.1 Å². The Hall–Kier alpha value is -1.19. The van der Waals surface area contributed by atoms with E-state index in [1.807, 2.05) is 13.0 Å². The van der Waals surface area contributed by atoms with Crippen LogP contribution in [-0.4, -0.2) is 6.54 Å². The number of thiophene rings is 1. The van der Waals surface area contributed by atoms with Crippen LogP contribution in [0.4, 0.5) is 4.39 Å². The molecule has 0 bridgehead atoms. The molecular formula is C16H20FNS. The number of aryl methyl sites for hydroxylation is 1. The van der Waals surface area contributed by atoms with Crippen LogP contribution in [0, 0.1) is 12.7 Å². The van der Waals surface area contributed by atoms with Crippen molar-refractivity contribution in [2.45, 2.75) is 32.7 Å². The summed E-state index contributed by atoms with van der Waals surface area (Å²) in [6, 6.07) is 9.45. The fourth-order valence-corrected chi connectivity index (χ4v) is 2.98. The summed E-state index contributed by atoms with van der Waals surface area (Å²) in [5, 5.41) is 5.62. The first kappa shape index (κ1) is 14.2. The molecule has 1 nitrogen and oxygen atoms in total. The monoisotopic (exact) mass is 277 g/mol. The average molecular weight is 277 g/mol. The molecule has 0 aliphatic carbocycles. The van der Waals surface area contributed by atoms with Gasteiger partial charge in [0.2, 0.25) is 0 Å². The molecule has 0 aliphatic heterocycles. The lowest BCUT2D eigenvalue weighted by atomic mass is 9.98. The molecule has 2 aromatic rings. The second-order valence-electron chi connectivity index (χ2n) is 4.79. The Morgan fingerprint density at radius 2 is 2.16 bits per heavy atom. The second kappa shape index (κ2) is 6.83. The van der Waals surface area contributed by atoms with E-state index in [1.165, 1.54) is 10.9 Å². The molecule has 1 aromatic carbocycles. The normalized spacial score (nSPS) is 12.6. The highest BCUT2D eigenvalue weighted by molar-refractivity contribution is 7.09. The molecule has 1 N–H and O–H groups in total. The minimum Gasteiger partial charge on any atom is -0.310 e. The number of rotatable bonds is 6. The van der Waals surface area contributed by atoms with Gasteiger partial charge >= 0.3 is 0 Å². The number of benzene rings is 1. The zero-order valence-corrected chi connectivity index (χ0v) is 12.3. The summed E-state index contributed by atoms with van der Waals surface area (Å²) >= 11 is 1.76. The van der Waals surface area contributed by atoms with Crippen molar-refractivity contribution in [3.8, 4) is 0 Å². The van der Waals surface area contributed by atoms with E-state index in [0.717, 1.165) is 30.5 Å². The Kier molecular flexibility index (Phi) is 5.11. The van der Waals surface area contributed by atoms with Gasteiger partial charge in [-0.05, 0) is 54.6 Å². The van der Waals surface area contributed by atoms with Crippen LogP contribution < -0.4 is 5.32 Å². The molecule has 0 saturated carbocycles. The summed E-state index contributed by atoms with van der Waals surface area (Å²) in [6.07, 6.45) is 2.00. The molecule has 0 spiro atoms. The Balaban J connectivity index is 2.23. The zero-order chi connectivity index (χ0) is 13.7. The maximum absolute atomic E-state index is 13.5. The molecule has 0 radical (unpaired) electrons. The fourth-order valence-electron chi connectivity index (χ4n) is 2.23. The highest BCUT2D eigenvalue weighted by Gasteiger charge is 2.15. The zero-order valence-electron chi connectivity index (χ0n) is 11.4. The predicted molar refractivity (Wildman–Crippen MR) is 80.2 cm³/mol. The van der Waals surface area contributed by atoms with Gasteiger partial charge in [0.1, 0.15) is 5.82 Å². The first-order valence-electron chi connectivity index (χ1n) is 6.72. The van der Waals surface area contributed by atoms with Gasteiger partial charge in [-0.15, -0.1) is 11.3 Å². The molecule has 1 unspecified atom stereocenters. The smallest absolute Gasteiger partial charge is 0.123 e. The maximum Gasteiger partial charge on any atom is 0.123 e. The van der Waals surface area contributed by atoms with E-state index in [-0.39, 0.29) is 11.9 Å². The molecule has 19 heavy (non-hydrogen) atoms. The number of nitrogens with one attached hydrogen (secondary N) is 1. The summed E-state index contributed by atoms with van der Waals surface area (Å²) in [6.45, 7) is 5.14. The Morgan fingerprint density at radius 3 is 2.84 bits per heavy atom. The lowest BCUT2D eigenvalue weighted by Crippen LogP contribution is -2.24. The molecule has 1 atom stereocenters. The molecule has 0 fully saturated rings. The molecule has 3 heteroatoms. The van der Waals surface area contributed by atoms with Crippen molar-refractivity contribution >= 4 is 11.3 Å². The molecular weight excluding hydrogens is 257 g/mol. The molecule has 102 valence electrons. The molecule has 2 rings (SSSR count). The van der Waals surface area contributed by atoms with Gasteiger partial charge < -0.3 is 5.32 Å². The number of halogens is 1. The van der Waals surface area contributed by atoms with Crippen LogP contribution in [0.2, 0.25) is 0 Å². The van der Waals surface area contributed by atoms with Crippen molar-refractivity contribution in [2.24, 2.45) is 0 Å². The highest BCUT2D eigenvalue weighted by atomic mass is 32.1. The topological polar surface area (TPSA) is 12.0 Å². The molecule has 1 heterocycles. The van der Waals surface area contributed by atoms with Crippen LogP contribution in [0.1, 0.15) is 35.4 Å². The Morgan fingerprint density at radius 1 is 1.32 bits per heavy atom. The SMILES string of the molecule is CCCNC(Cc1cccs1)c1cc(F)ccc1C. The van der Waals surface area contributed by atoms with Crippen LogP contribution in [0.15, 0.2) is 35.7 Å². The van der Waals surface area contributed by atoms with Crippen molar-refractivity contribution in [3.05, 3.63) is 57.5 Å². The third kappa shape index (κ3) is 3.88. The van der Waals surface area contributed by atoms with Gasteiger partial charge in [-0.2, -0.15) is 0 Å². The van der Waals surface area contributed by atoms with E-state index in [9.17, 15) is 4.39 Å². The van der Waals surface area contributed by atoms with Gasteiger partial charge in [0.15, 0.2) is 0 Å². The summed E-state index contributed by atoms with van der Waals surface area (Å²) < 4.78 is 13.5. The van der Waals surface area contributed by atoms with Crippen LogP contribution in [0.25, 0.3) is 0 Å². The summed E-state index contributed by atoms with van der Waals surface area (Å²) in [4.78, 5) is 1.33. The van der Waals surface area contributed by atoms with Crippen LogP contribution in [0.3, 0.4) is 0 Å². The average Bonchev–Trinajstić information content (AvgIpc) is 2.90. The van der Waals surface area contributed by atoms with E-state index >= 15 is 0 Å². The highest BCUT2D eigenvalue weighted by Crippen LogP contribution is 2.24. The van der Waals surface area contributed by atoms with Gasteiger partial charge in [0.25, 0.3) is 0 Å². The fraction of sp³-hybridized carbons (Fsp3) is 0.375. The third-order valence-corrected chi connectivity index (χ3v) is 4.14. The van der Waals surface area contributed by atoms with Gasteiger partial charge in [0.05, 0.1) is 0 Å². The predicted octanol–water partition coefficient (Wildman–Crippen LogP) is 4.48. The maximum atomic E-state index is 13.5. The largest absolute Gasteiger partial charge is 0.310 e. The summed E-state index contributed by atoms with van der Waals surface area (Å²) in [5.41, 5.74) is 2.22. The van der Waals surface area contributed by atoms with Crippen LogP contribution in [0.5, 0.6) is 0 Å². The summed E-state index contributed by atoms with van der Waals surface area (Å²) in [7, 11) is 0. The molecule has 0 saturated heterocycles. The lowest BCUT2D eigenvalue weighted by Gasteiger charge is -2.20.